The second-order valence-corrected chi connectivity index (χ2v) is 8.93. The van der Waals surface area contributed by atoms with Crippen LogP contribution in [-0.2, 0) is 17.8 Å². The van der Waals surface area contributed by atoms with Crippen molar-refractivity contribution in [3.05, 3.63) is 53.1 Å². The number of aryl methyl sites for hydroxylation is 1. The lowest BCUT2D eigenvalue weighted by Gasteiger charge is -2.21. The summed E-state index contributed by atoms with van der Waals surface area (Å²) in [6.45, 7) is 9.84. The van der Waals surface area contributed by atoms with Gasteiger partial charge in [-0.25, -0.2) is 14.8 Å². The number of carbonyl (C=O) groups is 1. The Labute approximate surface area is 179 Å². The minimum atomic E-state index is -0.611. The Balaban J connectivity index is 1.86. The average molecular weight is 412 g/mol. The highest BCUT2D eigenvalue weighted by molar-refractivity contribution is 5.90. The third-order valence-electron chi connectivity index (χ3n) is 5.07. The highest BCUT2D eigenvalue weighted by atomic mass is 16.6. The number of esters is 1. The molecule has 162 valence electrons. The van der Waals surface area contributed by atoms with E-state index in [1.165, 1.54) is 0 Å². The van der Waals surface area contributed by atoms with Gasteiger partial charge < -0.3 is 14.8 Å². The molecule has 1 unspecified atom stereocenters. The Hall–Kier alpha value is -2.47. The van der Waals surface area contributed by atoms with Gasteiger partial charge in [-0.1, -0.05) is 30.3 Å². The number of rotatable bonds is 6. The van der Waals surface area contributed by atoms with E-state index >= 15 is 0 Å². The smallest absolute Gasteiger partial charge is 0.361 e. The molecule has 0 radical (unpaired) electrons. The first-order valence-corrected chi connectivity index (χ1v) is 10.8. The molecule has 0 saturated carbocycles. The molecule has 0 spiro atoms. The minimum Gasteiger partial charge on any atom is -0.484 e. The van der Waals surface area contributed by atoms with Crippen molar-refractivity contribution in [2.75, 3.05) is 13.1 Å². The van der Waals surface area contributed by atoms with Gasteiger partial charge in [-0.15, -0.1) is 0 Å². The first-order chi connectivity index (χ1) is 14.3. The summed E-state index contributed by atoms with van der Waals surface area (Å²) in [7, 11) is 0. The molecular weight excluding hydrogens is 378 g/mol. The zero-order chi connectivity index (χ0) is 21.6. The fourth-order valence-electron chi connectivity index (χ4n) is 3.63. The van der Waals surface area contributed by atoms with Gasteiger partial charge in [-0.3, -0.25) is 0 Å². The molecule has 2 heterocycles. The van der Waals surface area contributed by atoms with Crippen molar-refractivity contribution in [2.45, 2.75) is 65.6 Å². The molecule has 0 amide bonds. The Kier molecular flexibility index (Phi) is 7.43. The maximum atomic E-state index is 12.9. The monoisotopic (exact) mass is 411 g/mol. The van der Waals surface area contributed by atoms with Crippen LogP contribution in [-0.4, -0.2) is 34.6 Å². The van der Waals surface area contributed by atoms with Crippen molar-refractivity contribution in [3.8, 4) is 5.75 Å². The second kappa shape index (κ2) is 10.0. The van der Waals surface area contributed by atoms with Crippen molar-refractivity contribution in [1.82, 2.24) is 15.3 Å². The minimum absolute atomic E-state index is 0.218. The first kappa shape index (κ1) is 22.2. The maximum Gasteiger partial charge on any atom is 0.361 e. The van der Waals surface area contributed by atoms with Crippen LogP contribution in [0.15, 0.2) is 30.3 Å². The van der Waals surface area contributed by atoms with Gasteiger partial charge in [-0.2, -0.15) is 0 Å². The van der Waals surface area contributed by atoms with Crippen LogP contribution in [0.3, 0.4) is 0 Å². The van der Waals surface area contributed by atoms with Crippen LogP contribution in [0.2, 0.25) is 0 Å². The van der Waals surface area contributed by atoms with Gasteiger partial charge in [0.1, 0.15) is 18.0 Å². The Bertz CT molecular complexity index is 839. The summed E-state index contributed by atoms with van der Waals surface area (Å²) < 4.78 is 11.6. The van der Waals surface area contributed by atoms with Crippen LogP contribution in [0.4, 0.5) is 0 Å². The summed E-state index contributed by atoms with van der Waals surface area (Å²) in [5.41, 5.74) is 1.29. The fraction of sp³-hybridized carbons (Fsp3) is 0.542. The second-order valence-electron chi connectivity index (χ2n) is 8.93. The molecule has 1 aromatic heterocycles. The van der Waals surface area contributed by atoms with Crippen molar-refractivity contribution in [3.63, 3.8) is 0 Å². The van der Waals surface area contributed by atoms with Crippen molar-refractivity contribution < 1.29 is 14.3 Å². The molecule has 30 heavy (non-hydrogen) atoms. The fourth-order valence-corrected chi connectivity index (χ4v) is 3.63. The molecule has 1 saturated heterocycles. The van der Waals surface area contributed by atoms with Crippen molar-refractivity contribution in [1.29, 1.82) is 0 Å². The van der Waals surface area contributed by atoms with Crippen LogP contribution in [0.5, 0.6) is 5.75 Å². The third-order valence-corrected chi connectivity index (χ3v) is 5.07. The van der Waals surface area contributed by atoms with Gasteiger partial charge in [0.15, 0.2) is 11.4 Å². The molecule has 1 aliphatic heterocycles. The lowest BCUT2D eigenvalue weighted by molar-refractivity contribution is 0.00572. The molecule has 1 aliphatic rings. The molecule has 6 nitrogen and oxygen atoms in total. The van der Waals surface area contributed by atoms with E-state index in [2.05, 4.69) is 15.3 Å². The Morgan fingerprint density at radius 2 is 1.90 bits per heavy atom. The van der Waals surface area contributed by atoms with E-state index < -0.39 is 11.6 Å². The predicted octanol–water partition coefficient (Wildman–Crippen LogP) is 4.25. The number of nitrogens with one attached hydrogen (secondary N) is 1. The normalized spacial score (nSPS) is 17.3. The molecular formula is C24H33N3O3. The van der Waals surface area contributed by atoms with E-state index in [1.54, 1.807) is 0 Å². The highest BCUT2D eigenvalue weighted by Gasteiger charge is 2.26. The summed E-state index contributed by atoms with van der Waals surface area (Å²) in [5, 5.41) is 3.44. The average Bonchev–Trinajstić information content (AvgIpc) is 2.95. The third kappa shape index (κ3) is 6.52. The van der Waals surface area contributed by atoms with Crippen LogP contribution in [0, 0.1) is 12.8 Å². The van der Waals surface area contributed by atoms with Gasteiger partial charge in [0.25, 0.3) is 0 Å². The molecule has 1 fully saturated rings. The van der Waals surface area contributed by atoms with E-state index in [0.717, 1.165) is 44.3 Å². The topological polar surface area (TPSA) is 73.3 Å². The largest absolute Gasteiger partial charge is 0.484 e. The first-order valence-electron chi connectivity index (χ1n) is 10.8. The summed E-state index contributed by atoms with van der Waals surface area (Å²) in [6.07, 6.45) is 4.15. The molecule has 1 N–H and O–H groups in total. The Morgan fingerprint density at radius 3 is 2.63 bits per heavy atom. The van der Waals surface area contributed by atoms with Gasteiger partial charge in [-0.05, 0) is 71.5 Å². The van der Waals surface area contributed by atoms with Crippen LogP contribution in [0.1, 0.15) is 67.6 Å². The van der Waals surface area contributed by atoms with Crippen molar-refractivity contribution >= 4 is 5.97 Å². The van der Waals surface area contributed by atoms with E-state index in [-0.39, 0.29) is 5.69 Å². The van der Waals surface area contributed by atoms with Gasteiger partial charge in [0.2, 0.25) is 0 Å². The zero-order valence-electron chi connectivity index (χ0n) is 18.5. The number of nitrogens with zero attached hydrogens (tertiary/aromatic N) is 2. The zero-order valence-corrected chi connectivity index (χ0v) is 18.5. The summed E-state index contributed by atoms with van der Waals surface area (Å²) >= 11 is 0. The Morgan fingerprint density at radius 1 is 1.13 bits per heavy atom. The highest BCUT2D eigenvalue weighted by Crippen LogP contribution is 2.26. The van der Waals surface area contributed by atoms with Gasteiger partial charge in [0, 0.05) is 6.42 Å². The van der Waals surface area contributed by atoms with Gasteiger partial charge in [0.05, 0.1) is 5.69 Å². The quantitative estimate of drug-likeness (QED) is 0.717. The lowest BCUT2D eigenvalue weighted by atomic mass is 9.96. The van der Waals surface area contributed by atoms with E-state index in [1.807, 2.05) is 58.0 Å². The number of hydrogen-bond donors (Lipinski definition) is 1. The summed E-state index contributed by atoms with van der Waals surface area (Å²) in [5.74, 6) is 1.13. The van der Waals surface area contributed by atoms with Crippen molar-refractivity contribution in [2.24, 2.45) is 5.92 Å². The molecule has 1 atom stereocenters. The number of benzene rings is 1. The van der Waals surface area contributed by atoms with Crippen LogP contribution in [0.25, 0.3) is 0 Å². The summed E-state index contributed by atoms with van der Waals surface area (Å²) in [6, 6.07) is 9.85. The van der Waals surface area contributed by atoms with Crippen LogP contribution >= 0.6 is 0 Å². The number of carbonyl (C=O) groups excluding carboxylic acids is 1. The van der Waals surface area contributed by atoms with Gasteiger partial charge >= 0.3 is 5.97 Å². The maximum absolute atomic E-state index is 12.9. The number of aromatic nitrogens is 2. The number of hydrogen-bond acceptors (Lipinski definition) is 6. The molecule has 0 bridgehead atoms. The van der Waals surface area contributed by atoms with E-state index in [4.69, 9.17) is 9.47 Å². The van der Waals surface area contributed by atoms with E-state index in [9.17, 15) is 4.79 Å². The van der Waals surface area contributed by atoms with Crippen LogP contribution < -0.4 is 10.1 Å². The lowest BCUT2D eigenvalue weighted by Crippen LogP contribution is -2.26. The molecule has 6 heteroatoms. The molecule has 1 aromatic carbocycles. The molecule has 0 aliphatic carbocycles. The number of ether oxygens (including phenoxy) is 2. The predicted molar refractivity (Wildman–Crippen MR) is 117 cm³/mol. The molecule has 2 aromatic rings. The standard InChI is InChI=1S/C24H33N3O3/c1-17-22(29-16-19-9-6-5-7-10-19)21(23(28)30-24(2,3)4)27-20(26-17)15-18-11-8-13-25-14-12-18/h5-7,9-10,18,25H,8,11-16H2,1-4H3. The molecule has 3 rings (SSSR count). The van der Waals surface area contributed by atoms with E-state index in [0.29, 0.717) is 29.8 Å². The summed E-state index contributed by atoms with van der Waals surface area (Å²) in [4.78, 5) is 22.3. The SMILES string of the molecule is Cc1nc(CC2CCCNCC2)nc(C(=O)OC(C)(C)C)c1OCc1ccccc1.